The van der Waals surface area contributed by atoms with Crippen molar-refractivity contribution < 1.29 is 0 Å². The molecule has 0 aliphatic carbocycles. The summed E-state index contributed by atoms with van der Waals surface area (Å²) in [5.41, 5.74) is 2.01. The van der Waals surface area contributed by atoms with Crippen molar-refractivity contribution >= 4 is 56.0 Å². The average molecular weight is 419 g/mol. The first-order valence-electron chi connectivity index (χ1n) is 5.33. The van der Waals surface area contributed by atoms with E-state index < -0.39 is 0 Å². The Hall–Kier alpha value is -0.890. The summed E-state index contributed by atoms with van der Waals surface area (Å²) in [4.78, 5) is 8.55. The van der Waals surface area contributed by atoms with Gasteiger partial charge in [0.2, 0.25) is 5.95 Å². The number of halogens is 2. The molecule has 2 N–H and O–H groups in total. The van der Waals surface area contributed by atoms with Crippen LogP contribution in [0, 0.1) is 10.5 Å². The molecule has 0 aliphatic heterocycles. The lowest BCUT2D eigenvalue weighted by atomic mass is 10.3. The Morgan fingerprint density at radius 2 is 2.11 bits per heavy atom. The van der Waals surface area contributed by atoms with Crippen LogP contribution in [0.25, 0.3) is 0 Å². The number of anilines is 3. The topological polar surface area (TPSA) is 49.8 Å². The Morgan fingerprint density at radius 3 is 2.78 bits per heavy atom. The van der Waals surface area contributed by atoms with Gasteiger partial charge < -0.3 is 10.6 Å². The molecule has 0 radical (unpaired) electrons. The van der Waals surface area contributed by atoms with Crippen molar-refractivity contribution in [2.24, 2.45) is 0 Å². The van der Waals surface area contributed by atoms with Gasteiger partial charge in [0.15, 0.2) is 0 Å². The lowest BCUT2D eigenvalue weighted by Crippen LogP contribution is -2.02. The number of hydrogen-bond donors (Lipinski definition) is 2. The van der Waals surface area contributed by atoms with E-state index in [1.165, 1.54) is 0 Å². The second-order valence-electron chi connectivity index (χ2n) is 3.73. The van der Waals surface area contributed by atoms with Gasteiger partial charge in [-0.15, -0.1) is 0 Å². The van der Waals surface area contributed by atoms with Crippen LogP contribution in [0.1, 0.15) is 5.56 Å². The summed E-state index contributed by atoms with van der Waals surface area (Å²) in [5, 5.41) is 6.23. The number of nitrogens with one attached hydrogen (secondary N) is 2. The molecule has 18 heavy (non-hydrogen) atoms. The number of aromatic nitrogens is 2. The van der Waals surface area contributed by atoms with Gasteiger partial charge in [-0.05, 0) is 63.6 Å². The van der Waals surface area contributed by atoms with Gasteiger partial charge in [0, 0.05) is 32.5 Å². The molecule has 1 aromatic heterocycles. The van der Waals surface area contributed by atoms with Gasteiger partial charge in [0.1, 0.15) is 5.82 Å². The molecule has 2 aromatic rings. The number of hydrogen-bond acceptors (Lipinski definition) is 4. The van der Waals surface area contributed by atoms with Gasteiger partial charge >= 0.3 is 0 Å². The van der Waals surface area contributed by atoms with Gasteiger partial charge in [-0.25, -0.2) is 4.98 Å². The first-order chi connectivity index (χ1) is 8.60. The van der Waals surface area contributed by atoms with Crippen LogP contribution >= 0.6 is 38.5 Å². The third kappa shape index (κ3) is 3.11. The summed E-state index contributed by atoms with van der Waals surface area (Å²) in [6.45, 7) is 1.98. The second kappa shape index (κ2) is 5.83. The lowest BCUT2D eigenvalue weighted by Gasteiger charge is -2.10. The highest BCUT2D eigenvalue weighted by atomic mass is 127. The molecular formula is C12H12BrIN4. The van der Waals surface area contributed by atoms with Crippen molar-refractivity contribution in [3.63, 3.8) is 0 Å². The van der Waals surface area contributed by atoms with Crippen molar-refractivity contribution in [2.75, 3.05) is 17.7 Å². The van der Waals surface area contributed by atoms with Gasteiger partial charge in [-0.2, -0.15) is 4.98 Å². The first-order valence-corrected chi connectivity index (χ1v) is 7.21. The predicted octanol–water partition coefficient (Wildman–Crippen LogP) is 3.94. The molecule has 1 heterocycles. The summed E-state index contributed by atoms with van der Waals surface area (Å²) >= 11 is 5.76. The van der Waals surface area contributed by atoms with Crippen LogP contribution in [-0.4, -0.2) is 17.0 Å². The fourth-order valence-electron chi connectivity index (χ4n) is 1.40. The molecule has 2 rings (SSSR count). The van der Waals surface area contributed by atoms with Gasteiger partial charge in [-0.3, -0.25) is 0 Å². The summed E-state index contributed by atoms with van der Waals surface area (Å²) < 4.78 is 2.24. The fraction of sp³-hybridized carbons (Fsp3) is 0.167. The monoisotopic (exact) mass is 418 g/mol. The molecule has 0 fully saturated rings. The highest BCUT2D eigenvalue weighted by Gasteiger charge is 2.04. The van der Waals surface area contributed by atoms with Crippen LogP contribution in [0.15, 0.2) is 28.9 Å². The third-order valence-corrected chi connectivity index (χ3v) is 4.70. The fourth-order valence-corrected chi connectivity index (χ4v) is 2.16. The summed E-state index contributed by atoms with van der Waals surface area (Å²) in [6.07, 6.45) is 1.80. The quantitative estimate of drug-likeness (QED) is 0.741. The zero-order valence-electron chi connectivity index (χ0n) is 9.96. The lowest BCUT2D eigenvalue weighted by molar-refractivity contribution is 1.12. The average Bonchev–Trinajstić information content (AvgIpc) is 2.36. The van der Waals surface area contributed by atoms with E-state index in [1.807, 2.05) is 19.1 Å². The Bertz CT molecular complexity index is 574. The molecule has 0 saturated heterocycles. The molecular weight excluding hydrogens is 407 g/mol. The molecule has 0 aliphatic rings. The van der Waals surface area contributed by atoms with Gasteiger partial charge in [0.25, 0.3) is 0 Å². The van der Waals surface area contributed by atoms with E-state index in [-0.39, 0.29) is 0 Å². The molecule has 94 valence electrons. The zero-order chi connectivity index (χ0) is 13.1. The third-order valence-electron chi connectivity index (χ3n) is 2.38. The number of nitrogens with zero attached hydrogens (tertiary/aromatic N) is 2. The van der Waals surface area contributed by atoms with E-state index >= 15 is 0 Å². The molecule has 0 saturated carbocycles. The molecule has 0 unspecified atom stereocenters. The first kappa shape index (κ1) is 13.5. The van der Waals surface area contributed by atoms with E-state index in [1.54, 1.807) is 13.2 Å². The zero-order valence-corrected chi connectivity index (χ0v) is 13.7. The minimum absolute atomic E-state index is 0.606. The van der Waals surface area contributed by atoms with Crippen LogP contribution in [0.4, 0.5) is 17.5 Å². The molecule has 0 amide bonds. The van der Waals surface area contributed by atoms with Crippen molar-refractivity contribution in [3.05, 3.63) is 38.0 Å². The van der Waals surface area contributed by atoms with Crippen LogP contribution in [0.3, 0.4) is 0 Å². The standard InChI is InChI=1S/C12H12BrIN4/c1-7-6-16-12(15-2)18-11(7)17-8-3-4-9(13)10(14)5-8/h3-6H,1-2H3,(H2,15,16,17,18). The predicted molar refractivity (Wildman–Crippen MR) is 86.5 cm³/mol. The minimum Gasteiger partial charge on any atom is -0.357 e. The molecule has 6 heteroatoms. The van der Waals surface area contributed by atoms with Gasteiger partial charge in [0.05, 0.1) is 0 Å². The highest BCUT2D eigenvalue weighted by molar-refractivity contribution is 14.1. The molecule has 1 aromatic carbocycles. The largest absolute Gasteiger partial charge is 0.357 e. The van der Waals surface area contributed by atoms with E-state index in [4.69, 9.17) is 0 Å². The van der Waals surface area contributed by atoms with Gasteiger partial charge in [-0.1, -0.05) is 0 Å². The van der Waals surface area contributed by atoms with Crippen molar-refractivity contribution in [1.82, 2.24) is 9.97 Å². The summed E-state index contributed by atoms with van der Waals surface area (Å²) in [7, 11) is 1.80. The Morgan fingerprint density at radius 1 is 1.33 bits per heavy atom. The maximum Gasteiger partial charge on any atom is 0.224 e. The molecule has 0 atom stereocenters. The number of benzene rings is 1. The maximum absolute atomic E-state index is 4.39. The van der Waals surface area contributed by atoms with Crippen molar-refractivity contribution in [3.8, 4) is 0 Å². The summed E-state index contributed by atoms with van der Waals surface area (Å²) in [5.74, 6) is 1.42. The van der Waals surface area contributed by atoms with E-state index in [0.717, 1.165) is 25.1 Å². The van der Waals surface area contributed by atoms with Crippen molar-refractivity contribution in [2.45, 2.75) is 6.92 Å². The van der Waals surface area contributed by atoms with E-state index in [9.17, 15) is 0 Å². The normalized spacial score (nSPS) is 10.2. The maximum atomic E-state index is 4.39. The molecule has 4 nitrogen and oxygen atoms in total. The summed E-state index contributed by atoms with van der Waals surface area (Å²) in [6, 6.07) is 6.08. The van der Waals surface area contributed by atoms with E-state index in [2.05, 4.69) is 65.2 Å². The number of aryl methyl sites for hydroxylation is 1. The van der Waals surface area contributed by atoms with Crippen LogP contribution in [0.5, 0.6) is 0 Å². The Labute approximate surface area is 128 Å². The second-order valence-corrected chi connectivity index (χ2v) is 5.75. The highest BCUT2D eigenvalue weighted by Crippen LogP contribution is 2.25. The Balaban J connectivity index is 2.30. The smallest absolute Gasteiger partial charge is 0.224 e. The number of rotatable bonds is 3. The van der Waals surface area contributed by atoms with E-state index in [0.29, 0.717) is 5.95 Å². The molecule has 0 bridgehead atoms. The SMILES string of the molecule is CNc1ncc(C)c(Nc2ccc(Br)c(I)c2)n1. The minimum atomic E-state index is 0.606. The van der Waals surface area contributed by atoms with Crippen molar-refractivity contribution in [1.29, 1.82) is 0 Å². The van der Waals surface area contributed by atoms with Crippen LogP contribution < -0.4 is 10.6 Å². The van der Waals surface area contributed by atoms with Crippen LogP contribution in [-0.2, 0) is 0 Å². The molecule has 0 spiro atoms. The Kier molecular flexibility index (Phi) is 4.39. The van der Waals surface area contributed by atoms with Crippen LogP contribution in [0.2, 0.25) is 0 Å².